The Labute approximate surface area is 102 Å². The summed E-state index contributed by atoms with van der Waals surface area (Å²) in [6.07, 6.45) is 0. The van der Waals surface area contributed by atoms with Crippen molar-refractivity contribution in [2.24, 2.45) is 0 Å². The zero-order valence-corrected chi connectivity index (χ0v) is 9.47. The molecule has 0 atom stereocenters. The van der Waals surface area contributed by atoms with E-state index in [2.05, 4.69) is 6.58 Å². The molecule has 18 heavy (non-hydrogen) atoms. The lowest BCUT2D eigenvalue weighted by atomic mass is 10.1. The van der Waals surface area contributed by atoms with Gasteiger partial charge in [0, 0.05) is 5.57 Å². The van der Waals surface area contributed by atoms with E-state index in [1.54, 1.807) is 0 Å². The molecular weight excluding hydrogens is 240 g/mol. The number of carboxylic acid groups (broad SMARTS) is 2. The van der Waals surface area contributed by atoms with Crippen LogP contribution in [0.15, 0.2) is 30.4 Å². The van der Waals surface area contributed by atoms with Gasteiger partial charge in [0.1, 0.15) is 11.3 Å². The highest BCUT2D eigenvalue weighted by atomic mass is 16.5. The lowest BCUT2D eigenvalue weighted by Crippen LogP contribution is -2.14. The molecule has 6 nitrogen and oxygen atoms in total. The zero-order valence-electron chi connectivity index (χ0n) is 9.47. The van der Waals surface area contributed by atoms with Gasteiger partial charge in [-0.1, -0.05) is 12.6 Å². The molecule has 0 saturated heterocycles. The second-order valence-electron chi connectivity index (χ2n) is 3.46. The highest BCUT2D eigenvalue weighted by Crippen LogP contribution is 2.23. The molecule has 1 aromatic carbocycles. The van der Waals surface area contributed by atoms with E-state index in [1.807, 2.05) is 0 Å². The van der Waals surface area contributed by atoms with Gasteiger partial charge >= 0.3 is 17.9 Å². The SMILES string of the molecule is C=C(C)C(=O)Oc1cccc(C(=O)O)c1C(=O)O. The number of carbonyl (C=O) groups excluding carboxylic acids is 1. The second-order valence-corrected chi connectivity index (χ2v) is 3.46. The molecule has 0 aromatic heterocycles. The Bertz CT molecular complexity index is 543. The van der Waals surface area contributed by atoms with Crippen molar-refractivity contribution in [3.05, 3.63) is 41.5 Å². The lowest BCUT2D eigenvalue weighted by molar-refractivity contribution is -0.130. The van der Waals surface area contributed by atoms with Gasteiger partial charge in [0.2, 0.25) is 0 Å². The van der Waals surface area contributed by atoms with E-state index in [0.29, 0.717) is 0 Å². The summed E-state index contributed by atoms with van der Waals surface area (Å²) < 4.78 is 4.78. The van der Waals surface area contributed by atoms with E-state index in [1.165, 1.54) is 19.1 Å². The molecule has 0 amide bonds. The minimum atomic E-state index is -1.49. The molecule has 0 bridgehead atoms. The smallest absolute Gasteiger partial charge is 0.340 e. The lowest BCUT2D eigenvalue weighted by Gasteiger charge is -2.09. The molecule has 1 rings (SSSR count). The standard InChI is InChI=1S/C12H10O6/c1-6(2)12(17)18-8-5-3-4-7(10(13)14)9(8)11(15)16/h3-5H,1H2,2H3,(H,13,14)(H,15,16). The fourth-order valence-electron chi connectivity index (χ4n) is 1.20. The van der Waals surface area contributed by atoms with E-state index >= 15 is 0 Å². The number of hydrogen-bond donors (Lipinski definition) is 2. The minimum Gasteiger partial charge on any atom is -0.478 e. The van der Waals surface area contributed by atoms with Crippen LogP contribution in [0.4, 0.5) is 0 Å². The van der Waals surface area contributed by atoms with E-state index in [4.69, 9.17) is 14.9 Å². The molecule has 94 valence electrons. The number of carboxylic acids is 2. The van der Waals surface area contributed by atoms with E-state index < -0.39 is 29.0 Å². The highest BCUT2D eigenvalue weighted by molar-refractivity contribution is 6.04. The summed E-state index contributed by atoms with van der Waals surface area (Å²) in [4.78, 5) is 33.2. The molecule has 0 heterocycles. The maximum Gasteiger partial charge on any atom is 0.340 e. The summed E-state index contributed by atoms with van der Waals surface area (Å²) in [5.41, 5.74) is -0.943. The van der Waals surface area contributed by atoms with Gasteiger partial charge in [-0.25, -0.2) is 14.4 Å². The summed E-state index contributed by atoms with van der Waals surface area (Å²) >= 11 is 0. The Morgan fingerprint density at radius 2 is 1.78 bits per heavy atom. The molecule has 0 spiro atoms. The van der Waals surface area contributed by atoms with Gasteiger partial charge in [-0.2, -0.15) is 0 Å². The van der Waals surface area contributed by atoms with E-state index in [0.717, 1.165) is 6.07 Å². The third-order valence-electron chi connectivity index (χ3n) is 2.02. The monoisotopic (exact) mass is 250 g/mol. The van der Waals surface area contributed by atoms with Crippen LogP contribution in [-0.2, 0) is 4.79 Å². The van der Waals surface area contributed by atoms with Gasteiger partial charge in [0.25, 0.3) is 0 Å². The van der Waals surface area contributed by atoms with E-state index in [9.17, 15) is 14.4 Å². The first kappa shape index (κ1) is 13.4. The number of esters is 1. The minimum absolute atomic E-state index is 0.0760. The molecular formula is C12H10O6. The maximum absolute atomic E-state index is 11.3. The topological polar surface area (TPSA) is 101 Å². The third kappa shape index (κ3) is 2.73. The first-order valence-electron chi connectivity index (χ1n) is 4.82. The molecule has 6 heteroatoms. The number of rotatable bonds is 4. The Balaban J connectivity index is 3.32. The van der Waals surface area contributed by atoms with Crippen molar-refractivity contribution >= 4 is 17.9 Å². The van der Waals surface area contributed by atoms with Crippen LogP contribution < -0.4 is 4.74 Å². The van der Waals surface area contributed by atoms with Gasteiger partial charge in [0.15, 0.2) is 0 Å². The van der Waals surface area contributed by atoms with E-state index in [-0.39, 0.29) is 11.3 Å². The van der Waals surface area contributed by atoms with Gasteiger partial charge in [-0.3, -0.25) is 0 Å². The quantitative estimate of drug-likeness (QED) is 0.477. The normalized spacial score (nSPS) is 9.61. The fraction of sp³-hybridized carbons (Fsp3) is 0.0833. The van der Waals surface area contributed by atoms with Gasteiger partial charge in [-0.15, -0.1) is 0 Å². The van der Waals surface area contributed by atoms with Crippen LogP contribution in [0.5, 0.6) is 5.75 Å². The predicted molar refractivity (Wildman–Crippen MR) is 60.8 cm³/mol. The van der Waals surface area contributed by atoms with Crippen LogP contribution in [0.25, 0.3) is 0 Å². The summed E-state index contributed by atoms with van der Waals surface area (Å²) in [6.45, 7) is 4.74. The summed E-state index contributed by atoms with van der Waals surface area (Å²) in [5, 5.41) is 17.8. The zero-order chi connectivity index (χ0) is 13.9. The molecule has 0 saturated carbocycles. The van der Waals surface area contributed by atoms with Crippen molar-refractivity contribution in [3.8, 4) is 5.75 Å². The molecule has 1 aromatic rings. The number of hydrogen-bond acceptors (Lipinski definition) is 4. The Kier molecular flexibility index (Phi) is 3.83. The number of benzene rings is 1. The third-order valence-corrected chi connectivity index (χ3v) is 2.02. The second kappa shape index (κ2) is 5.13. The molecule has 0 aliphatic heterocycles. The molecule has 0 aliphatic rings. The van der Waals surface area contributed by atoms with Gasteiger partial charge in [0.05, 0.1) is 5.56 Å². The summed E-state index contributed by atoms with van der Waals surface area (Å²) in [5.74, 6) is -4.05. The van der Waals surface area contributed by atoms with Crippen molar-refractivity contribution in [3.63, 3.8) is 0 Å². The predicted octanol–water partition coefficient (Wildman–Crippen LogP) is 1.56. The number of aromatic carboxylic acids is 2. The van der Waals surface area contributed by atoms with Crippen molar-refractivity contribution in [2.45, 2.75) is 6.92 Å². The maximum atomic E-state index is 11.3. The van der Waals surface area contributed by atoms with Crippen LogP contribution in [0.1, 0.15) is 27.6 Å². The number of carbonyl (C=O) groups is 3. The molecule has 2 N–H and O–H groups in total. The Morgan fingerprint density at radius 1 is 1.17 bits per heavy atom. The Hall–Kier alpha value is -2.63. The van der Waals surface area contributed by atoms with Gasteiger partial charge in [-0.05, 0) is 19.1 Å². The first-order chi connectivity index (χ1) is 8.34. The van der Waals surface area contributed by atoms with Crippen molar-refractivity contribution < 1.29 is 29.3 Å². The average Bonchev–Trinajstić information content (AvgIpc) is 2.27. The van der Waals surface area contributed by atoms with Crippen LogP contribution in [0.2, 0.25) is 0 Å². The largest absolute Gasteiger partial charge is 0.478 e. The average molecular weight is 250 g/mol. The van der Waals surface area contributed by atoms with Crippen LogP contribution in [0, 0.1) is 0 Å². The van der Waals surface area contributed by atoms with Crippen LogP contribution in [0.3, 0.4) is 0 Å². The number of ether oxygens (including phenoxy) is 1. The molecule has 0 unspecified atom stereocenters. The van der Waals surface area contributed by atoms with Crippen LogP contribution in [-0.4, -0.2) is 28.1 Å². The van der Waals surface area contributed by atoms with Gasteiger partial charge < -0.3 is 14.9 Å². The van der Waals surface area contributed by atoms with Crippen molar-refractivity contribution in [1.29, 1.82) is 0 Å². The molecule has 0 radical (unpaired) electrons. The fourth-order valence-corrected chi connectivity index (χ4v) is 1.20. The van der Waals surface area contributed by atoms with Crippen molar-refractivity contribution in [1.82, 2.24) is 0 Å². The summed E-state index contributed by atoms with van der Waals surface area (Å²) in [6, 6.07) is 3.61. The highest BCUT2D eigenvalue weighted by Gasteiger charge is 2.22. The van der Waals surface area contributed by atoms with Crippen LogP contribution >= 0.6 is 0 Å². The first-order valence-corrected chi connectivity index (χ1v) is 4.82. The molecule has 0 aliphatic carbocycles. The molecule has 0 fully saturated rings. The summed E-state index contributed by atoms with van der Waals surface area (Å²) in [7, 11) is 0. The van der Waals surface area contributed by atoms with Crippen molar-refractivity contribution in [2.75, 3.05) is 0 Å². The Morgan fingerprint density at radius 3 is 2.22 bits per heavy atom.